The number of hydrogen-bond acceptors (Lipinski definition) is 16. The molecule has 3 saturated heterocycles. The average Bonchev–Trinajstić information content (AvgIpc) is 3.79. The molecule has 3 aliphatic rings. The van der Waals surface area contributed by atoms with E-state index in [1.165, 1.54) is 23.5 Å². The maximum absolute atomic E-state index is 12.4. The maximum atomic E-state index is 12.4. The monoisotopic (exact) mass is 687 g/mol. The molecule has 0 saturated carbocycles. The number of hydrogen-bond donors (Lipinski definition) is 6. The van der Waals surface area contributed by atoms with Gasteiger partial charge in [0, 0.05) is 0 Å². The lowest BCUT2D eigenvalue weighted by molar-refractivity contribution is -0.182. The Balaban J connectivity index is 1.15. The number of nitrogens with one attached hydrogen (secondary N) is 1. The molecule has 0 amide bonds. The third kappa shape index (κ3) is 4.92. The van der Waals surface area contributed by atoms with E-state index in [0.717, 1.165) is 0 Å². The molecule has 9 atom stereocenters. The number of nitrogens with two attached hydrogens (primary N) is 2. The van der Waals surface area contributed by atoms with Crippen molar-refractivity contribution < 1.29 is 37.8 Å². The van der Waals surface area contributed by atoms with E-state index in [9.17, 15) is 19.4 Å². The molecule has 7 heterocycles. The van der Waals surface area contributed by atoms with Crippen LogP contribution in [0.5, 0.6) is 0 Å². The second kappa shape index (κ2) is 11.0. The SMILES string of the molecule is Nc1nc2c(ncn2[C@@H]2O[C@H](CO[P+](=O)S)C[C@H]2P(O)(=S)OC[C@@]23CO[C@@H]([C@H](n4cnc5c(N)ncnc54)O2)[C@@H]3O)c(=O)[nH]1. The normalized spacial score (nSPS) is 31.7. The summed E-state index contributed by atoms with van der Waals surface area (Å²) in [6.45, 7) is -4.30. The van der Waals surface area contributed by atoms with Gasteiger partial charge in [0.15, 0.2) is 35.3 Å². The summed E-state index contributed by atoms with van der Waals surface area (Å²) in [4.78, 5) is 47.2. The number of aliphatic hydroxyl groups is 1. The fourth-order valence-electron chi connectivity index (χ4n) is 5.75. The van der Waals surface area contributed by atoms with E-state index in [1.54, 1.807) is 4.57 Å². The Morgan fingerprint density at radius 1 is 1.20 bits per heavy atom. The van der Waals surface area contributed by atoms with Crippen molar-refractivity contribution in [2.24, 2.45) is 0 Å². The molecule has 44 heavy (non-hydrogen) atoms. The van der Waals surface area contributed by atoms with Crippen molar-refractivity contribution in [2.45, 2.75) is 48.4 Å². The second-order valence-corrected chi connectivity index (χ2v) is 15.8. The van der Waals surface area contributed by atoms with Gasteiger partial charge >= 0.3 is 7.23 Å². The Labute approximate surface area is 257 Å². The Bertz CT molecular complexity index is 1890. The van der Waals surface area contributed by atoms with E-state index in [-0.39, 0.29) is 49.2 Å². The Morgan fingerprint density at radius 2 is 1.95 bits per heavy atom. The minimum atomic E-state index is -3.80. The van der Waals surface area contributed by atoms with Crippen LogP contribution in [0.3, 0.4) is 0 Å². The zero-order valence-electron chi connectivity index (χ0n) is 22.3. The number of nitrogens with zero attached hydrogens (tertiary/aromatic N) is 7. The summed E-state index contributed by atoms with van der Waals surface area (Å²) in [6, 6.07) is 0. The van der Waals surface area contributed by atoms with Crippen LogP contribution in [0.25, 0.3) is 22.3 Å². The summed E-state index contributed by atoms with van der Waals surface area (Å²) in [5, 5.41) is 11.2. The van der Waals surface area contributed by atoms with Gasteiger partial charge in [0.25, 0.3) is 5.56 Å². The third-order valence-electron chi connectivity index (χ3n) is 7.84. The van der Waals surface area contributed by atoms with Gasteiger partial charge in [-0.25, -0.2) is 19.9 Å². The highest BCUT2D eigenvalue weighted by Gasteiger charge is 2.63. The van der Waals surface area contributed by atoms with Crippen LogP contribution < -0.4 is 17.0 Å². The number of aromatic amines is 1. The molecule has 2 bridgehead atoms. The highest BCUT2D eigenvalue weighted by molar-refractivity contribution is 8.39. The molecular weight excluding hydrogens is 662 g/mol. The lowest BCUT2D eigenvalue weighted by Crippen LogP contribution is -2.45. The number of thiol groups is 1. The van der Waals surface area contributed by atoms with Gasteiger partial charge in [0.2, 0.25) is 5.95 Å². The highest BCUT2D eigenvalue weighted by Crippen LogP contribution is 2.59. The number of rotatable bonds is 9. The molecular formula is C21H25N10O9P2S2+. The zero-order chi connectivity index (χ0) is 31.0. The van der Waals surface area contributed by atoms with Gasteiger partial charge in [-0.3, -0.25) is 18.9 Å². The average molecular weight is 688 g/mol. The minimum absolute atomic E-state index is 0.00699. The van der Waals surface area contributed by atoms with Crippen molar-refractivity contribution in [3.63, 3.8) is 0 Å². The number of aliphatic hydroxyl groups excluding tert-OH is 1. The first-order valence-corrected chi connectivity index (χ1v) is 18.1. The molecule has 3 aliphatic heterocycles. The molecule has 3 fully saturated rings. The van der Waals surface area contributed by atoms with Gasteiger partial charge in [-0.2, -0.15) is 4.98 Å². The summed E-state index contributed by atoms with van der Waals surface area (Å²) in [5.41, 5.74) is 9.68. The van der Waals surface area contributed by atoms with Crippen LogP contribution in [0, 0.1) is 0 Å². The van der Waals surface area contributed by atoms with Gasteiger partial charge in [-0.05, 0) is 22.8 Å². The molecule has 0 aromatic carbocycles. The Morgan fingerprint density at radius 3 is 2.73 bits per heavy atom. The number of H-pyrrole nitrogens is 1. The molecule has 2 unspecified atom stereocenters. The first kappa shape index (κ1) is 30.0. The molecule has 0 aliphatic carbocycles. The summed E-state index contributed by atoms with van der Waals surface area (Å²) in [6.07, 6.45) is -0.318. The summed E-state index contributed by atoms with van der Waals surface area (Å²) in [7, 11) is -2.23. The van der Waals surface area contributed by atoms with Crippen molar-refractivity contribution in [3.8, 4) is 0 Å². The van der Waals surface area contributed by atoms with Crippen LogP contribution >= 0.6 is 26.0 Å². The predicted octanol–water partition coefficient (Wildman–Crippen LogP) is -0.271. The first-order chi connectivity index (χ1) is 21.0. The lowest BCUT2D eigenvalue weighted by Gasteiger charge is -2.34. The van der Waals surface area contributed by atoms with E-state index in [0.29, 0.717) is 11.2 Å². The molecule has 7 N–H and O–H groups in total. The fourth-order valence-corrected chi connectivity index (χ4v) is 8.61. The quantitative estimate of drug-likeness (QED) is 0.0977. The van der Waals surface area contributed by atoms with Gasteiger partial charge in [-0.15, -0.1) is 4.52 Å². The predicted molar refractivity (Wildman–Crippen MR) is 158 cm³/mol. The Hall–Kier alpha value is -2.68. The van der Waals surface area contributed by atoms with Gasteiger partial charge in [0.1, 0.15) is 54.7 Å². The number of aromatic nitrogens is 8. The topological polar surface area (TPSA) is 263 Å². The standard InChI is InChI=1S/C21H24N10O9P2S2/c22-14-10-15(25-5-24-14)30(6-26-10)19-12-13(32)21(40-19,3-36-12)4-38-42(35,44)9-1-8(2-37-41(34)43)39-18(9)31-7-27-11-16(31)28-20(23)29-17(11)33/h5-9,12-13,18-19,32H,1-4H2,(H6-,22,23,24,25,28,29,33,34,35,43,44)/p+1/t8-,9+,12+,13-,18+,19+,21+,42?/m0/s1. The van der Waals surface area contributed by atoms with E-state index < -0.39 is 61.3 Å². The van der Waals surface area contributed by atoms with Gasteiger partial charge in [0.05, 0.1) is 37.6 Å². The van der Waals surface area contributed by atoms with Crippen molar-refractivity contribution in [3.05, 3.63) is 29.3 Å². The van der Waals surface area contributed by atoms with E-state index in [2.05, 4.69) is 42.2 Å². The number of nitrogen functional groups attached to an aromatic ring is 2. The van der Waals surface area contributed by atoms with Crippen molar-refractivity contribution >= 4 is 71.9 Å². The number of ether oxygens (including phenoxy) is 3. The number of anilines is 2. The molecule has 23 heteroatoms. The number of imidazole rings is 2. The second-order valence-electron chi connectivity index (χ2n) is 10.5. The van der Waals surface area contributed by atoms with Crippen LogP contribution in [-0.4, -0.2) is 98.4 Å². The van der Waals surface area contributed by atoms with Crippen molar-refractivity contribution in [1.29, 1.82) is 0 Å². The van der Waals surface area contributed by atoms with E-state index in [4.69, 9.17) is 46.5 Å². The van der Waals surface area contributed by atoms with Crippen molar-refractivity contribution in [1.82, 2.24) is 39.0 Å². The summed E-state index contributed by atoms with van der Waals surface area (Å²) >= 11 is 9.44. The van der Waals surface area contributed by atoms with Crippen LogP contribution in [0.4, 0.5) is 11.8 Å². The molecule has 7 rings (SSSR count). The minimum Gasteiger partial charge on any atom is -0.387 e. The largest absolute Gasteiger partial charge is 0.582 e. The fraction of sp³-hybridized carbons (Fsp3) is 0.524. The van der Waals surface area contributed by atoms with E-state index >= 15 is 0 Å². The van der Waals surface area contributed by atoms with Crippen LogP contribution in [0.2, 0.25) is 0 Å². The van der Waals surface area contributed by atoms with Crippen LogP contribution in [0.15, 0.2) is 23.8 Å². The molecule has 4 aromatic heterocycles. The molecule has 0 radical (unpaired) electrons. The molecule has 19 nitrogen and oxygen atoms in total. The summed E-state index contributed by atoms with van der Waals surface area (Å²) < 4.78 is 44.0. The van der Waals surface area contributed by atoms with Crippen LogP contribution in [-0.2, 0) is 39.6 Å². The van der Waals surface area contributed by atoms with E-state index in [1.807, 2.05) is 0 Å². The molecule has 0 spiro atoms. The van der Waals surface area contributed by atoms with Crippen LogP contribution in [0.1, 0.15) is 18.9 Å². The third-order valence-corrected chi connectivity index (χ3v) is 11.5. The number of fused-ring (bicyclic) bond motifs is 4. The van der Waals surface area contributed by atoms with Gasteiger partial charge < -0.3 is 40.2 Å². The molecule has 4 aromatic rings. The van der Waals surface area contributed by atoms with Crippen molar-refractivity contribution in [2.75, 3.05) is 31.3 Å². The van der Waals surface area contributed by atoms with Gasteiger partial charge in [-0.1, -0.05) is 0 Å². The smallest absolute Gasteiger partial charge is 0.387 e. The maximum Gasteiger partial charge on any atom is 0.582 e. The summed E-state index contributed by atoms with van der Waals surface area (Å²) in [5.74, 6) is 0.0332. The Kier molecular flexibility index (Phi) is 7.49. The first-order valence-electron chi connectivity index (χ1n) is 13.0. The molecule has 234 valence electrons. The highest BCUT2D eigenvalue weighted by atomic mass is 32.7. The lowest BCUT2D eigenvalue weighted by atomic mass is 10.0. The zero-order valence-corrected chi connectivity index (χ0v) is 25.8.